The maximum Gasteiger partial charge on any atom is 0.277 e. The van der Waals surface area contributed by atoms with Crippen LogP contribution >= 0.6 is 0 Å². The van der Waals surface area contributed by atoms with Crippen LogP contribution in [0.4, 0.5) is 11.5 Å². The van der Waals surface area contributed by atoms with E-state index < -0.39 is 20.7 Å². The molecule has 0 aliphatic carbocycles. The lowest BCUT2D eigenvalue weighted by molar-refractivity contribution is -0.384. The summed E-state index contributed by atoms with van der Waals surface area (Å²) in [5.74, 6) is -0.0265. The van der Waals surface area contributed by atoms with Crippen LogP contribution in [0.25, 0.3) is 5.69 Å². The molecule has 11 nitrogen and oxygen atoms in total. The van der Waals surface area contributed by atoms with Gasteiger partial charge in [0.15, 0.2) is 15.5 Å². The molecule has 0 bridgehead atoms. The molecular weight excluding hydrogens is 412 g/mol. The molecule has 2 aromatic heterocycles. The summed E-state index contributed by atoms with van der Waals surface area (Å²) in [6.07, 6.45) is 1.97. The molecule has 0 radical (unpaired) electrons. The lowest BCUT2D eigenvalue weighted by Gasteiger charge is -2.13. The molecule has 0 spiro atoms. The number of carbonyl (C=O) groups excluding carboxylic acids is 1. The van der Waals surface area contributed by atoms with E-state index in [9.17, 15) is 23.3 Å². The van der Waals surface area contributed by atoms with Crippen LogP contribution in [-0.2, 0) is 9.84 Å². The van der Waals surface area contributed by atoms with Crippen LogP contribution in [0.3, 0.4) is 0 Å². The van der Waals surface area contributed by atoms with E-state index in [2.05, 4.69) is 15.5 Å². The maximum absolute atomic E-state index is 12.7. The number of anilines is 1. The molecule has 0 saturated carbocycles. The molecule has 1 atom stereocenters. The van der Waals surface area contributed by atoms with E-state index in [0.717, 1.165) is 0 Å². The molecule has 1 aromatic carbocycles. The molecule has 1 aliphatic heterocycles. The van der Waals surface area contributed by atoms with E-state index in [4.69, 9.17) is 0 Å². The van der Waals surface area contributed by atoms with Crippen molar-refractivity contribution in [3.05, 3.63) is 64.1 Å². The van der Waals surface area contributed by atoms with E-state index in [1.54, 1.807) is 19.1 Å². The Hall–Kier alpha value is -3.54. The Labute approximate surface area is 171 Å². The van der Waals surface area contributed by atoms with Crippen molar-refractivity contribution in [3.8, 4) is 5.69 Å². The van der Waals surface area contributed by atoms with Crippen LogP contribution in [0.2, 0.25) is 0 Å². The number of non-ortho nitro benzene ring substituents is 1. The minimum absolute atomic E-state index is 0.0155. The van der Waals surface area contributed by atoms with Gasteiger partial charge in [-0.1, -0.05) is 6.07 Å². The van der Waals surface area contributed by atoms with Crippen LogP contribution in [0.15, 0.2) is 42.6 Å². The Kier molecular flexibility index (Phi) is 4.86. The van der Waals surface area contributed by atoms with Crippen molar-refractivity contribution in [1.29, 1.82) is 0 Å². The fraction of sp³-hybridized carbons (Fsp3) is 0.278. The van der Waals surface area contributed by atoms with E-state index >= 15 is 0 Å². The average Bonchev–Trinajstić information content (AvgIpc) is 3.40. The van der Waals surface area contributed by atoms with Gasteiger partial charge in [0.2, 0.25) is 0 Å². The molecular formula is C18H18N6O5S. The van der Waals surface area contributed by atoms with Crippen molar-refractivity contribution >= 4 is 27.2 Å². The number of aromatic nitrogens is 4. The lowest BCUT2D eigenvalue weighted by Crippen LogP contribution is -2.20. The zero-order valence-electron chi connectivity index (χ0n) is 15.9. The predicted octanol–water partition coefficient (Wildman–Crippen LogP) is 1.90. The fourth-order valence-corrected chi connectivity index (χ4v) is 5.07. The molecule has 3 heterocycles. The predicted molar refractivity (Wildman–Crippen MR) is 107 cm³/mol. The van der Waals surface area contributed by atoms with Gasteiger partial charge in [-0.25, -0.2) is 17.8 Å². The molecule has 156 valence electrons. The Bertz CT molecular complexity index is 1250. The monoisotopic (exact) mass is 430 g/mol. The summed E-state index contributed by atoms with van der Waals surface area (Å²) in [6, 6.07) is 8.72. The molecule has 12 heteroatoms. The maximum atomic E-state index is 12.7. The van der Waals surface area contributed by atoms with Crippen molar-refractivity contribution in [2.75, 3.05) is 16.8 Å². The van der Waals surface area contributed by atoms with Crippen molar-refractivity contribution in [3.63, 3.8) is 0 Å². The summed E-state index contributed by atoms with van der Waals surface area (Å²) < 4.78 is 26.5. The summed E-state index contributed by atoms with van der Waals surface area (Å²) in [6.45, 7) is 1.76. The Morgan fingerprint density at radius 1 is 1.27 bits per heavy atom. The standard InChI is InChI=1S/C18H18N6O5S/c1-12-9-17(23(20-12)15-6-8-30(28,29)11-15)19-18(25)16-5-7-22(21-16)13-3-2-4-14(10-13)24(26)27/h2-5,7,9-10,15H,6,8,11H2,1H3,(H,19,25). The molecule has 1 saturated heterocycles. The molecule has 1 aliphatic rings. The average molecular weight is 430 g/mol. The highest BCUT2D eigenvalue weighted by Crippen LogP contribution is 2.27. The smallest absolute Gasteiger partial charge is 0.277 e. The largest absolute Gasteiger partial charge is 0.305 e. The Morgan fingerprint density at radius 2 is 2.07 bits per heavy atom. The second-order valence-corrected chi connectivity index (χ2v) is 9.28. The topological polar surface area (TPSA) is 142 Å². The summed E-state index contributed by atoms with van der Waals surface area (Å²) in [5, 5.41) is 22.2. The van der Waals surface area contributed by atoms with Gasteiger partial charge in [-0.3, -0.25) is 14.9 Å². The first-order valence-corrected chi connectivity index (χ1v) is 10.9. The number of aryl methyl sites for hydroxylation is 1. The van der Waals surface area contributed by atoms with Crippen LogP contribution < -0.4 is 5.32 Å². The minimum atomic E-state index is -3.11. The second-order valence-electron chi connectivity index (χ2n) is 7.05. The van der Waals surface area contributed by atoms with Gasteiger partial charge in [-0.2, -0.15) is 10.2 Å². The number of hydrogen-bond donors (Lipinski definition) is 1. The van der Waals surface area contributed by atoms with Gasteiger partial charge >= 0.3 is 0 Å². The third kappa shape index (κ3) is 3.94. The summed E-state index contributed by atoms with van der Waals surface area (Å²) in [5.41, 5.74) is 1.11. The number of nitro groups is 1. The molecule has 1 amide bonds. The van der Waals surface area contributed by atoms with Crippen molar-refractivity contribution in [2.45, 2.75) is 19.4 Å². The Morgan fingerprint density at radius 3 is 2.77 bits per heavy atom. The van der Waals surface area contributed by atoms with Crippen LogP contribution in [0, 0.1) is 17.0 Å². The number of nitrogens with one attached hydrogen (secondary N) is 1. The lowest BCUT2D eigenvalue weighted by atomic mass is 10.3. The first-order chi connectivity index (χ1) is 14.2. The third-order valence-electron chi connectivity index (χ3n) is 4.78. The number of nitrogens with zero attached hydrogens (tertiary/aromatic N) is 5. The van der Waals surface area contributed by atoms with Gasteiger partial charge in [-0.05, 0) is 25.5 Å². The fourth-order valence-electron chi connectivity index (χ4n) is 3.37. The summed E-state index contributed by atoms with van der Waals surface area (Å²) in [7, 11) is -3.11. The zero-order valence-corrected chi connectivity index (χ0v) is 16.7. The first-order valence-electron chi connectivity index (χ1n) is 9.10. The number of hydrogen-bond acceptors (Lipinski definition) is 7. The molecule has 4 rings (SSSR count). The van der Waals surface area contributed by atoms with Gasteiger partial charge in [-0.15, -0.1) is 0 Å². The molecule has 1 N–H and O–H groups in total. The van der Waals surface area contributed by atoms with Gasteiger partial charge in [0.1, 0.15) is 5.82 Å². The van der Waals surface area contributed by atoms with Crippen LogP contribution in [-0.4, -0.2) is 50.3 Å². The normalized spacial score (nSPS) is 17.7. The van der Waals surface area contributed by atoms with Gasteiger partial charge < -0.3 is 5.32 Å². The minimum Gasteiger partial charge on any atom is -0.305 e. The van der Waals surface area contributed by atoms with Gasteiger partial charge in [0.25, 0.3) is 11.6 Å². The quantitative estimate of drug-likeness (QED) is 0.481. The molecule has 3 aromatic rings. The second kappa shape index (κ2) is 7.37. The Balaban J connectivity index is 1.55. The number of sulfone groups is 1. The number of rotatable bonds is 5. The van der Waals surface area contributed by atoms with Crippen LogP contribution in [0.5, 0.6) is 0 Å². The van der Waals surface area contributed by atoms with Crippen molar-refractivity contribution < 1.29 is 18.1 Å². The van der Waals surface area contributed by atoms with E-state index in [1.807, 2.05) is 0 Å². The third-order valence-corrected chi connectivity index (χ3v) is 6.53. The van der Waals surface area contributed by atoms with E-state index in [1.165, 1.54) is 39.8 Å². The first kappa shape index (κ1) is 19.8. The number of amides is 1. The van der Waals surface area contributed by atoms with Crippen LogP contribution in [0.1, 0.15) is 28.6 Å². The molecule has 1 fully saturated rings. The van der Waals surface area contributed by atoms with Gasteiger partial charge in [0.05, 0.1) is 33.9 Å². The molecule has 30 heavy (non-hydrogen) atoms. The number of carbonyl (C=O) groups is 1. The van der Waals surface area contributed by atoms with Crippen molar-refractivity contribution in [1.82, 2.24) is 19.6 Å². The highest BCUT2D eigenvalue weighted by molar-refractivity contribution is 7.91. The summed E-state index contributed by atoms with van der Waals surface area (Å²) >= 11 is 0. The van der Waals surface area contributed by atoms with E-state index in [0.29, 0.717) is 23.6 Å². The number of nitro benzene ring substituents is 1. The highest BCUT2D eigenvalue weighted by Gasteiger charge is 2.31. The summed E-state index contributed by atoms with van der Waals surface area (Å²) in [4.78, 5) is 23.1. The number of benzene rings is 1. The van der Waals surface area contributed by atoms with Crippen molar-refractivity contribution in [2.24, 2.45) is 0 Å². The van der Waals surface area contributed by atoms with E-state index in [-0.39, 0.29) is 28.9 Å². The highest BCUT2D eigenvalue weighted by atomic mass is 32.2. The SMILES string of the molecule is Cc1cc(NC(=O)c2ccn(-c3cccc([N+](=O)[O-])c3)n2)n(C2CCS(=O)(=O)C2)n1. The molecule has 1 unspecified atom stereocenters. The van der Waals surface area contributed by atoms with Gasteiger partial charge in [0, 0.05) is 24.4 Å². The zero-order chi connectivity index (χ0) is 21.5.